The quantitative estimate of drug-likeness (QED) is 0.0349. The van der Waals surface area contributed by atoms with E-state index in [1.165, 1.54) is 64.2 Å². The lowest BCUT2D eigenvalue weighted by Gasteiger charge is -2.18. The van der Waals surface area contributed by atoms with Crippen LogP contribution in [0.1, 0.15) is 201 Å². The van der Waals surface area contributed by atoms with Crippen LogP contribution in [0.4, 0.5) is 0 Å². The highest BCUT2D eigenvalue weighted by molar-refractivity contribution is 5.70. The number of carbonyl (C=O) groups excluding carboxylic acids is 2. The van der Waals surface area contributed by atoms with Gasteiger partial charge in [0.15, 0.2) is 6.10 Å². The van der Waals surface area contributed by atoms with E-state index in [2.05, 4.69) is 112 Å². The Kier molecular flexibility index (Phi) is 45.5. The second kappa shape index (κ2) is 48.2. The van der Waals surface area contributed by atoms with E-state index in [4.69, 9.17) is 14.2 Å². The van der Waals surface area contributed by atoms with Crippen molar-refractivity contribution >= 4 is 11.9 Å². The maximum atomic E-state index is 12.7. The van der Waals surface area contributed by atoms with Crippen molar-refractivity contribution in [2.75, 3.05) is 19.8 Å². The number of esters is 2. The third-order valence-electron chi connectivity index (χ3n) is 9.60. The van der Waals surface area contributed by atoms with Crippen LogP contribution in [0.5, 0.6) is 0 Å². The Morgan fingerprint density at radius 1 is 0.397 bits per heavy atom. The van der Waals surface area contributed by atoms with Gasteiger partial charge in [-0.25, -0.2) is 0 Å². The van der Waals surface area contributed by atoms with Gasteiger partial charge in [0, 0.05) is 19.4 Å². The molecule has 0 saturated carbocycles. The Hall–Kier alpha value is -3.18. The lowest BCUT2D eigenvalue weighted by molar-refractivity contribution is -0.162. The van der Waals surface area contributed by atoms with Crippen LogP contribution in [0.25, 0.3) is 0 Å². The highest BCUT2D eigenvalue weighted by Crippen LogP contribution is 2.12. The number of rotatable bonds is 42. The van der Waals surface area contributed by atoms with Gasteiger partial charge in [-0.05, 0) is 103 Å². The van der Waals surface area contributed by atoms with Crippen molar-refractivity contribution in [1.29, 1.82) is 0 Å². The van der Waals surface area contributed by atoms with Crippen LogP contribution in [-0.2, 0) is 23.8 Å². The van der Waals surface area contributed by atoms with Gasteiger partial charge < -0.3 is 14.2 Å². The third-order valence-corrected chi connectivity index (χ3v) is 9.60. The van der Waals surface area contributed by atoms with Crippen molar-refractivity contribution in [3.05, 3.63) is 97.2 Å². The molecule has 0 spiro atoms. The Morgan fingerprint density at radius 3 is 1.33 bits per heavy atom. The zero-order chi connectivity index (χ0) is 42.1. The van der Waals surface area contributed by atoms with Gasteiger partial charge >= 0.3 is 11.9 Å². The summed E-state index contributed by atoms with van der Waals surface area (Å²) in [4.78, 5) is 25.3. The minimum atomic E-state index is -0.593. The number of allylic oxidation sites excluding steroid dienone is 16. The van der Waals surface area contributed by atoms with Crippen molar-refractivity contribution in [2.45, 2.75) is 207 Å². The summed E-state index contributed by atoms with van der Waals surface area (Å²) >= 11 is 0. The van der Waals surface area contributed by atoms with Crippen LogP contribution in [0.2, 0.25) is 0 Å². The topological polar surface area (TPSA) is 61.8 Å². The van der Waals surface area contributed by atoms with Gasteiger partial charge in [-0.2, -0.15) is 0 Å². The van der Waals surface area contributed by atoms with E-state index in [1.807, 2.05) is 6.08 Å². The molecule has 5 heteroatoms. The Bertz CT molecular complexity index is 1140. The second-order valence-corrected chi connectivity index (χ2v) is 15.2. The number of unbranched alkanes of at least 4 members (excludes halogenated alkanes) is 15. The minimum Gasteiger partial charge on any atom is -0.462 e. The summed E-state index contributed by atoms with van der Waals surface area (Å²) in [6.07, 6.45) is 64.2. The van der Waals surface area contributed by atoms with E-state index in [9.17, 15) is 9.59 Å². The smallest absolute Gasteiger partial charge is 0.306 e. The van der Waals surface area contributed by atoms with Gasteiger partial charge in [0.25, 0.3) is 0 Å². The molecule has 0 saturated heterocycles. The Labute approximate surface area is 358 Å². The van der Waals surface area contributed by atoms with Crippen LogP contribution >= 0.6 is 0 Å². The van der Waals surface area contributed by atoms with Crippen LogP contribution in [-0.4, -0.2) is 37.9 Å². The largest absolute Gasteiger partial charge is 0.462 e. The van der Waals surface area contributed by atoms with Gasteiger partial charge in [-0.1, -0.05) is 182 Å². The highest BCUT2D eigenvalue weighted by Gasteiger charge is 2.17. The zero-order valence-electron chi connectivity index (χ0n) is 37.8. The lowest BCUT2D eigenvalue weighted by atomic mass is 10.1. The molecule has 58 heavy (non-hydrogen) atoms. The van der Waals surface area contributed by atoms with Gasteiger partial charge in [0.05, 0.1) is 6.61 Å². The summed E-state index contributed by atoms with van der Waals surface area (Å²) in [6.45, 7) is 7.44. The number of carbonyl (C=O) groups is 2. The standard InChI is InChI=1S/C53H88O5/c1-4-7-10-13-16-19-22-25-27-29-31-34-37-40-43-46-52(54)57-50-51(49-56-48-45-42-39-36-33-30-26-23-20-17-14-11-8-5-2)58-53(55)47-44-41-38-35-32-28-24-21-18-15-12-9-6-3/h8-9,11-12,17-18,20-21,25-28,30,32,38,41,51H,4-7,10,13-16,19,22-24,29,31,33-37,39-40,42-50H2,1-3H3/b11-8-,12-9-,20-17-,21-18-,27-25-,30-26-,32-28-,41-38-. The fraction of sp³-hybridized carbons (Fsp3) is 0.660. The first-order chi connectivity index (χ1) is 28.6. The fourth-order valence-corrected chi connectivity index (χ4v) is 6.12. The van der Waals surface area contributed by atoms with Crippen molar-refractivity contribution in [3.63, 3.8) is 0 Å². The molecule has 1 unspecified atom stereocenters. The SMILES string of the molecule is CC/C=C\C/C=C\C/C=C\C/C=C\CCC(=O)OC(COCCCCCC/C=C\C/C=C\C/C=C\CC)COC(=O)CCCCCCC/C=C\CCCCCCCC. The average molecular weight is 805 g/mol. The van der Waals surface area contributed by atoms with E-state index in [0.29, 0.717) is 19.4 Å². The predicted molar refractivity (Wildman–Crippen MR) is 251 cm³/mol. The summed E-state index contributed by atoms with van der Waals surface area (Å²) in [5.41, 5.74) is 0. The molecule has 5 nitrogen and oxygen atoms in total. The molecule has 0 aromatic heterocycles. The molecular formula is C53H88O5. The molecule has 0 aliphatic heterocycles. The first-order valence-corrected chi connectivity index (χ1v) is 23.8. The fourth-order valence-electron chi connectivity index (χ4n) is 6.12. The molecule has 0 aliphatic rings. The molecule has 0 aliphatic carbocycles. The average Bonchev–Trinajstić information content (AvgIpc) is 3.22. The molecule has 0 radical (unpaired) electrons. The van der Waals surface area contributed by atoms with E-state index in [1.54, 1.807) is 0 Å². The molecule has 0 rings (SSSR count). The monoisotopic (exact) mass is 805 g/mol. The Morgan fingerprint density at radius 2 is 0.810 bits per heavy atom. The number of hydrogen-bond acceptors (Lipinski definition) is 5. The van der Waals surface area contributed by atoms with E-state index >= 15 is 0 Å². The van der Waals surface area contributed by atoms with Crippen molar-refractivity contribution in [2.24, 2.45) is 0 Å². The van der Waals surface area contributed by atoms with Crippen LogP contribution < -0.4 is 0 Å². The molecule has 330 valence electrons. The number of hydrogen-bond donors (Lipinski definition) is 0. The molecule has 0 N–H and O–H groups in total. The molecule has 1 atom stereocenters. The first kappa shape index (κ1) is 54.8. The van der Waals surface area contributed by atoms with Gasteiger partial charge in [0.2, 0.25) is 0 Å². The molecule has 0 aromatic carbocycles. The van der Waals surface area contributed by atoms with Gasteiger partial charge in [-0.3, -0.25) is 9.59 Å². The normalized spacial score (nSPS) is 13.1. The van der Waals surface area contributed by atoms with Crippen molar-refractivity contribution in [1.82, 2.24) is 0 Å². The number of ether oxygens (including phenoxy) is 3. The van der Waals surface area contributed by atoms with Gasteiger partial charge in [0.1, 0.15) is 6.61 Å². The Balaban J connectivity index is 4.42. The maximum absolute atomic E-state index is 12.7. The lowest BCUT2D eigenvalue weighted by Crippen LogP contribution is -2.30. The van der Waals surface area contributed by atoms with E-state index < -0.39 is 6.10 Å². The minimum absolute atomic E-state index is 0.0383. The summed E-state index contributed by atoms with van der Waals surface area (Å²) < 4.78 is 17.2. The summed E-state index contributed by atoms with van der Waals surface area (Å²) in [5, 5.41) is 0. The zero-order valence-corrected chi connectivity index (χ0v) is 37.8. The highest BCUT2D eigenvalue weighted by atomic mass is 16.6. The van der Waals surface area contributed by atoms with E-state index in [0.717, 1.165) is 96.3 Å². The molecule has 0 heterocycles. The maximum Gasteiger partial charge on any atom is 0.306 e. The van der Waals surface area contributed by atoms with Crippen LogP contribution in [0.15, 0.2) is 97.2 Å². The molecular weight excluding hydrogens is 717 g/mol. The van der Waals surface area contributed by atoms with Crippen LogP contribution in [0, 0.1) is 0 Å². The molecule has 0 amide bonds. The molecule has 0 aromatic rings. The summed E-state index contributed by atoms with van der Waals surface area (Å²) in [5.74, 6) is -0.520. The molecule has 0 bridgehead atoms. The van der Waals surface area contributed by atoms with Crippen LogP contribution in [0.3, 0.4) is 0 Å². The first-order valence-electron chi connectivity index (χ1n) is 23.8. The second-order valence-electron chi connectivity index (χ2n) is 15.2. The summed E-state index contributed by atoms with van der Waals surface area (Å²) in [7, 11) is 0. The van der Waals surface area contributed by atoms with Crippen molar-refractivity contribution in [3.8, 4) is 0 Å². The molecule has 0 fully saturated rings. The predicted octanol–water partition coefficient (Wildman–Crippen LogP) is 15.9. The van der Waals surface area contributed by atoms with E-state index in [-0.39, 0.29) is 31.6 Å². The van der Waals surface area contributed by atoms with Gasteiger partial charge in [-0.15, -0.1) is 0 Å². The van der Waals surface area contributed by atoms with Crippen molar-refractivity contribution < 1.29 is 23.8 Å². The third kappa shape index (κ3) is 45.5. The summed E-state index contributed by atoms with van der Waals surface area (Å²) in [6, 6.07) is 0.